The van der Waals surface area contributed by atoms with Gasteiger partial charge < -0.3 is 0 Å². The summed E-state index contributed by atoms with van der Waals surface area (Å²) >= 11 is 9.00. The van der Waals surface area contributed by atoms with Crippen LogP contribution in [0.2, 0.25) is 5.02 Å². The van der Waals surface area contributed by atoms with Crippen LogP contribution in [0.25, 0.3) is 0 Å². The maximum atomic E-state index is 11.7. The van der Waals surface area contributed by atoms with Gasteiger partial charge in [0.1, 0.15) is 5.78 Å². The van der Waals surface area contributed by atoms with E-state index in [0.717, 1.165) is 9.77 Å². The Labute approximate surface area is 113 Å². The van der Waals surface area contributed by atoms with Gasteiger partial charge in [-0.2, -0.15) is 0 Å². The Morgan fingerprint density at radius 3 is 2.94 bits per heavy atom. The normalized spacial score (nSPS) is 10.4. The van der Waals surface area contributed by atoms with E-state index in [4.69, 9.17) is 11.6 Å². The maximum absolute atomic E-state index is 11.7. The highest BCUT2D eigenvalue weighted by Crippen LogP contribution is 2.26. The average molecular weight is 284 g/mol. The second-order valence-corrected chi connectivity index (χ2v) is 5.80. The summed E-state index contributed by atoms with van der Waals surface area (Å²) in [4.78, 5) is 17.6. The van der Waals surface area contributed by atoms with E-state index in [9.17, 15) is 4.79 Å². The predicted molar refractivity (Wildman–Crippen MR) is 73.0 cm³/mol. The number of hydrogen-bond acceptors (Lipinski definition) is 4. The number of halogens is 1. The Kier molecular flexibility index (Phi) is 4.59. The van der Waals surface area contributed by atoms with Crippen molar-refractivity contribution in [3.8, 4) is 0 Å². The molecule has 0 radical (unpaired) electrons. The Hall–Kier alpha value is -0.840. The summed E-state index contributed by atoms with van der Waals surface area (Å²) in [5.74, 6) is 0.640. The smallest absolute Gasteiger partial charge is 0.148 e. The number of ketones is 1. The summed E-state index contributed by atoms with van der Waals surface area (Å²) in [6.07, 6.45) is 2.20. The van der Waals surface area contributed by atoms with Crippen molar-refractivity contribution in [2.24, 2.45) is 0 Å². The van der Waals surface area contributed by atoms with E-state index in [1.165, 1.54) is 23.1 Å². The van der Waals surface area contributed by atoms with Gasteiger partial charge in [0.15, 0.2) is 0 Å². The van der Waals surface area contributed by atoms with Crippen LogP contribution in [0.1, 0.15) is 4.88 Å². The van der Waals surface area contributed by atoms with Crippen LogP contribution in [0, 0.1) is 0 Å². The monoisotopic (exact) mass is 283 g/mol. The van der Waals surface area contributed by atoms with E-state index in [-0.39, 0.29) is 5.78 Å². The van der Waals surface area contributed by atoms with Gasteiger partial charge >= 0.3 is 0 Å². The molecule has 0 aliphatic rings. The predicted octanol–water partition coefficient (Wildman–Crippen LogP) is 3.70. The number of hydrogen-bond donors (Lipinski definition) is 0. The van der Waals surface area contributed by atoms with E-state index >= 15 is 0 Å². The summed E-state index contributed by atoms with van der Waals surface area (Å²) in [6, 6.07) is 7.55. The number of thioether (sulfide) groups is 1. The first-order valence-corrected chi connectivity index (χ1v) is 7.26. The number of Topliss-reactive ketones (excluding diaryl/α,β-unsaturated/α-hetero) is 1. The molecule has 17 heavy (non-hydrogen) atoms. The summed E-state index contributed by atoms with van der Waals surface area (Å²) in [6.45, 7) is 0. The number of thiazole rings is 1. The van der Waals surface area contributed by atoms with E-state index in [2.05, 4.69) is 4.98 Å². The third-order valence-electron chi connectivity index (χ3n) is 2.08. The molecule has 0 bridgehead atoms. The van der Waals surface area contributed by atoms with Crippen LogP contribution in [0.15, 0.2) is 40.9 Å². The molecule has 2 rings (SSSR count). The van der Waals surface area contributed by atoms with Gasteiger partial charge in [-0.15, -0.1) is 23.1 Å². The molecule has 1 aromatic heterocycles. The van der Waals surface area contributed by atoms with Crippen LogP contribution >= 0.6 is 34.7 Å². The number of carbonyl (C=O) groups is 1. The molecule has 0 saturated carbocycles. The Balaban J connectivity index is 1.86. The molecule has 0 aliphatic carbocycles. The minimum Gasteiger partial charge on any atom is -0.298 e. The molecule has 0 saturated heterocycles. The molecule has 2 aromatic rings. The highest BCUT2D eigenvalue weighted by atomic mass is 35.5. The van der Waals surface area contributed by atoms with Crippen molar-refractivity contribution in [3.63, 3.8) is 0 Å². The van der Waals surface area contributed by atoms with Crippen LogP contribution in [0.4, 0.5) is 0 Å². The van der Waals surface area contributed by atoms with E-state index in [0.29, 0.717) is 17.2 Å². The topological polar surface area (TPSA) is 30.0 Å². The van der Waals surface area contributed by atoms with Crippen molar-refractivity contribution in [1.29, 1.82) is 0 Å². The van der Waals surface area contributed by atoms with Crippen LogP contribution in [-0.2, 0) is 11.2 Å². The van der Waals surface area contributed by atoms with Gasteiger partial charge in [-0.1, -0.05) is 23.7 Å². The molecule has 0 aliphatic heterocycles. The Morgan fingerprint density at radius 1 is 1.41 bits per heavy atom. The lowest BCUT2D eigenvalue weighted by Gasteiger charge is -2.02. The summed E-state index contributed by atoms with van der Waals surface area (Å²) in [5, 5.41) is 0.697. The van der Waals surface area contributed by atoms with Crippen molar-refractivity contribution in [2.45, 2.75) is 11.3 Å². The third kappa shape index (κ3) is 3.84. The zero-order chi connectivity index (χ0) is 12.1. The second kappa shape index (κ2) is 6.19. The van der Waals surface area contributed by atoms with Crippen molar-refractivity contribution in [2.75, 3.05) is 5.75 Å². The van der Waals surface area contributed by atoms with Gasteiger partial charge in [-0.05, 0) is 12.1 Å². The Morgan fingerprint density at radius 2 is 2.24 bits per heavy atom. The first kappa shape index (κ1) is 12.6. The highest BCUT2D eigenvalue weighted by molar-refractivity contribution is 8.00. The fourth-order valence-electron chi connectivity index (χ4n) is 1.29. The molecule has 0 amide bonds. The van der Waals surface area contributed by atoms with Gasteiger partial charge in [-0.25, -0.2) is 0 Å². The third-order valence-corrected chi connectivity index (χ3v) is 4.43. The molecule has 5 heteroatoms. The molecule has 0 fully saturated rings. The number of carbonyl (C=O) groups excluding carboxylic acids is 1. The quantitative estimate of drug-likeness (QED) is 0.784. The lowest BCUT2D eigenvalue weighted by atomic mass is 10.3. The molecule has 2 nitrogen and oxygen atoms in total. The molecule has 0 atom stereocenters. The molecule has 1 heterocycles. The van der Waals surface area contributed by atoms with Gasteiger partial charge in [-0.3, -0.25) is 9.78 Å². The first-order valence-electron chi connectivity index (χ1n) is 5.02. The number of rotatable bonds is 5. The standard InChI is InChI=1S/C12H10ClNOS2/c13-11-3-1-2-4-12(11)16-7-9(15)5-10-6-14-8-17-10/h1-4,6,8H,5,7H2. The fraction of sp³-hybridized carbons (Fsp3) is 0.167. The molecular weight excluding hydrogens is 274 g/mol. The molecule has 0 spiro atoms. The SMILES string of the molecule is O=C(CSc1ccccc1Cl)Cc1cncs1. The van der Waals surface area contributed by atoms with Crippen LogP contribution in [-0.4, -0.2) is 16.5 Å². The van der Waals surface area contributed by atoms with E-state index in [1.807, 2.05) is 24.3 Å². The van der Waals surface area contributed by atoms with Crippen LogP contribution in [0.3, 0.4) is 0 Å². The zero-order valence-electron chi connectivity index (χ0n) is 8.93. The largest absolute Gasteiger partial charge is 0.298 e. The molecule has 1 aromatic carbocycles. The minimum atomic E-state index is 0.194. The van der Waals surface area contributed by atoms with Crippen LogP contribution in [0.5, 0.6) is 0 Å². The lowest BCUT2D eigenvalue weighted by molar-refractivity contribution is -0.115. The zero-order valence-corrected chi connectivity index (χ0v) is 11.3. The molecular formula is C12H10ClNOS2. The summed E-state index contributed by atoms with van der Waals surface area (Å²) in [5.41, 5.74) is 1.74. The van der Waals surface area contributed by atoms with Crippen LogP contribution < -0.4 is 0 Å². The van der Waals surface area contributed by atoms with Gasteiger partial charge in [0.25, 0.3) is 0 Å². The average Bonchev–Trinajstić information content (AvgIpc) is 2.81. The van der Waals surface area contributed by atoms with Gasteiger partial charge in [0.2, 0.25) is 0 Å². The van der Waals surface area contributed by atoms with Crippen molar-refractivity contribution in [3.05, 3.63) is 45.9 Å². The van der Waals surface area contributed by atoms with Gasteiger partial charge in [0.05, 0.1) is 16.3 Å². The Bertz CT molecular complexity index is 499. The van der Waals surface area contributed by atoms with Crippen molar-refractivity contribution < 1.29 is 4.79 Å². The maximum Gasteiger partial charge on any atom is 0.148 e. The van der Waals surface area contributed by atoms with Crippen molar-refractivity contribution in [1.82, 2.24) is 4.98 Å². The minimum absolute atomic E-state index is 0.194. The molecule has 0 unspecified atom stereocenters. The molecule has 0 N–H and O–H groups in total. The summed E-state index contributed by atoms with van der Waals surface area (Å²) < 4.78 is 0. The highest BCUT2D eigenvalue weighted by Gasteiger charge is 2.07. The van der Waals surface area contributed by atoms with Crippen molar-refractivity contribution >= 4 is 40.5 Å². The van der Waals surface area contributed by atoms with E-state index < -0.39 is 0 Å². The fourth-order valence-corrected chi connectivity index (χ4v) is 3.02. The number of benzene rings is 1. The number of nitrogens with zero attached hydrogens (tertiary/aromatic N) is 1. The van der Waals surface area contributed by atoms with Gasteiger partial charge in [0, 0.05) is 22.4 Å². The second-order valence-electron chi connectivity index (χ2n) is 3.40. The molecule has 88 valence electrons. The first-order chi connectivity index (χ1) is 8.25. The van der Waals surface area contributed by atoms with E-state index in [1.54, 1.807) is 11.7 Å². The lowest BCUT2D eigenvalue weighted by Crippen LogP contribution is -2.04. The number of aromatic nitrogens is 1. The summed E-state index contributed by atoms with van der Waals surface area (Å²) in [7, 11) is 0.